The van der Waals surface area contributed by atoms with Crippen LogP contribution in [0.3, 0.4) is 0 Å². The molecule has 0 aliphatic heterocycles. The van der Waals surface area contributed by atoms with Crippen LogP contribution in [0.1, 0.15) is 256 Å². The molecule has 0 spiro atoms. The van der Waals surface area contributed by atoms with E-state index in [-0.39, 0.29) is 43.8 Å². The van der Waals surface area contributed by atoms with Crippen LogP contribution >= 0.6 is 0 Å². The summed E-state index contributed by atoms with van der Waals surface area (Å²) in [5, 5.41) is 1.39. The van der Waals surface area contributed by atoms with Gasteiger partial charge < -0.3 is 13.9 Å². The second-order valence-electron chi connectivity index (χ2n) is 24.5. The third-order valence-corrected chi connectivity index (χ3v) is 17.2. The van der Waals surface area contributed by atoms with Crippen molar-refractivity contribution in [2.45, 2.75) is 179 Å². The van der Waals surface area contributed by atoms with E-state index in [1.54, 1.807) is 30.5 Å². The Morgan fingerprint density at radius 2 is 1.03 bits per heavy atom. The minimum absolute atomic E-state index is 0. The zero-order valence-electron chi connectivity index (χ0n) is 105. The first-order chi connectivity index (χ1) is 66.8. The number of fused-ring (bicyclic) bond motifs is 15. The van der Waals surface area contributed by atoms with Crippen molar-refractivity contribution in [2.24, 2.45) is 0 Å². The predicted octanol–water partition coefficient (Wildman–Crippen LogP) is 22.6. The van der Waals surface area contributed by atoms with E-state index in [1.807, 2.05) is 49.6 Å². The number of hydrogen-bond donors (Lipinski definition) is 0. The molecule has 0 radical (unpaired) electrons. The SMILES string of the molecule is [2H]c1c([2H])c2c(c([2H])c1-c1ccc3c(c1-[n+]1[c-]n(-c4[c-]c(Oc5[c-]c6c(cc5)c5ccccc5n6-c5cc(C(C)(C)C)ccn5)ccc4)c4ccccc41)-c1c([2H])c4c(c([2H])c1-c1c([2H])c5c(c([2H])c1-c1ccccc1-3)C(C([2H])([2H])[2H])(C([2H])([2H])[2H])C([2H])([2H])C([2H])([2H])C5(C([2H])([2H])[2H])C([2H])([2H])[2H])C(C([2H])([2H])[2H])(C([2H])([2H])[2H])C([2H])([2H])C([2H])([2H])C4(C([2H])([2H])[2H])C([2H])([2H])[2H])C(C([2H])([2H])[2H])(C([2H])([2H])[2H])C([2H])([2H])C([2H])([2H])C2(C([2H])([2H])[2H])C([2H])([2H])[2H].[Pt]. The Morgan fingerprint density at radius 1 is 0.500 bits per heavy atom. The van der Waals surface area contributed by atoms with Gasteiger partial charge in [-0.3, -0.25) is 4.57 Å². The zero-order valence-corrected chi connectivity index (χ0v) is 52.0. The molecule has 12 aromatic rings. The average Bonchev–Trinajstić information content (AvgIpc) is 0.809. The molecule has 4 aliphatic rings. The fourth-order valence-electron chi connectivity index (χ4n) is 12.7. The van der Waals surface area contributed by atoms with Gasteiger partial charge in [0.05, 0.1) is 26.3 Å². The number of rotatable bonds is 6. The second kappa shape index (κ2) is 21.4. The van der Waals surface area contributed by atoms with Crippen molar-refractivity contribution in [3.8, 4) is 84.3 Å². The van der Waals surface area contributed by atoms with E-state index in [0.29, 0.717) is 38.9 Å². The number of ether oxygens (including phenoxy) is 1. The molecule has 5 nitrogen and oxygen atoms in total. The molecule has 0 N–H and O–H groups in total. The normalized spacial score (nSPS) is 30.9. The van der Waals surface area contributed by atoms with Crippen LogP contribution in [0.5, 0.6) is 11.5 Å². The molecule has 6 heteroatoms. The van der Waals surface area contributed by atoms with Crippen LogP contribution in [-0.2, 0) is 59.0 Å². The Morgan fingerprint density at radius 3 is 1.67 bits per heavy atom. The van der Waals surface area contributed by atoms with Gasteiger partial charge in [0.15, 0.2) is 0 Å². The summed E-state index contributed by atoms with van der Waals surface area (Å²) in [6.07, 6.45) is -26.6. The summed E-state index contributed by atoms with van der Waals surface area (Å²) in [6, 6.07) is 19.7. The minimum Gasteiger partial charge on any atom is -0.510 e. The van der Waals surface area contributed by atoms with Crippen LogP contribution in [0.4, 0.5) is 0 Å². The van der Waals surface area contributed by atoms with Crippen molar-refractivity contribution in [1.82, 2.24) is 14.1 Å². The molecular formula is C88H86N4OPt-2. The summed E-state index contributed by atoms with van der Waals surface area (Å²) in [7, 11) is 0. The topological polar surface area (TPSA) is 35.9 Å². The van der Waals surface area contributed by atoms with Crippen molar-refractivity contribution in [1.29, 1.82) is 0 Å². The monoisotopic (exact) mass is 1460 g/mol. The first-order valence-electron chi connectivity index (χ1n) is 56.6. The minimum atomic E-state index is -5.33. The maximum absolute atomic E-state index is 11.6. The molecule has 9 aromatic carbocycles. The summed E-state index contributed by atoms with van der Waals surface area (Å²) < 4.78 is 548. The molecule has 0 atom stereocenters. The van der Waals surface area contributed by atoms with Crippen LogP contribution in [0.25, 0.3) is 106 Å². The maximum Gasteiger partial charge on any atom is 0.268 e. The van der Waals surface area contributed by atoms with Gasteiger partial charge in [-0.25, -0.2) is 4.98 Å². The maximum atomic E-state index is 11.6. The number of nitrogens with zero attached hydrogens (tertiary/aromatic N) is 4. The van der Waals surface area contributed by atoms with Gasteiger partial charge in [-0.15, -0.1) is 29.7 Å². The summed E-state index contributed by atoms with van der Waals surface area (Å²) in [4.78, 5) is 4.75. The molecule has 94 heavy (non-hydrogen) atoms. The number of hydrogen-bond acceptors (Lipinski definition) is 2. The van der Waals surface area contributed by atoms with Crippen LogP contribution in [-0.4, -0.2) is 14.1 Å². The Hall–Kier alpha value is -8.11. The zero-order chi connectivity index (χ0) is 112. The smallest absolute Gasteiger partial charge is 0.268 e. The quantitative estimate of drug-likeness (QED) is 0.123. The van der Waals surface area contributed by atoms with Gasteiger partial charge in [-0.1, -0.05) is 212 Å². The number of imidazole rings is 1. The van der Waals surface area contributed by atoms with E-state index in [2.05, 4.69) is 18.5 Å². The molecule has 3 heterocycles. The van der Waals surface area contributed by atoms with Crippen molar-refractivity contribution in [3.63, 3.8) is 0 Å². The second-order valence-corrected chi connectivity index (χ2v) is 24.5. The van der Waals surface area contributed by atoms with Crippen LogP contribution in [0, 0.1) is 18.5 Å². The molecule has 3 aromatic heterocycles. The van der Waals surface area contributed by atoms with Gasteiger partial charge in [0.1, 0.15) is 5.82 Å². The van der Waals surface area contributed by atoms with E-state index in [9.17, 15) is 75.4 Å². The van der Waals surface area contributed by atoms with Gasteiger partial charge in [-0.2, -0.15) is 18.2 Å². The van der Waals surface area contributed by atoms with E-state index in [1.165, 1.54) is 36.4 Å². The molecule has 16 rings (SSSR count). The Balaban J connectivity index is 0.0000166. The van der Waals surface area contributed by atoms with Crippen molar-refractivity contribution >= 4 is 32.8 Å². The molecule has 0 unspecified atom stereocenters. The van der Waals surface area contributed by atoms with E-state index in [4.69, 9.17) is 9.72 Å². The molecule has 0 saturated heterocycles. The molecule has 476 valence electrons. The molecule has 0 bridgehead atoms. The number of benzene rings is 9. The third-order valence-electron chi connectivity index (χ3n) is 17.2. The molecular weight excluding hydrogens is 1320 g/mol. The van der Waals surface area contributed by atoms with Crippen molar-refractivity contribution < 1.29 is 106 Å². The number of para-hydroxylation sites is 3. The molecule has 4 aliphatic carbocycles. The fourth-order valence-corrected chi connectivity index (χ4v) is 12.7. The van der Waals surface area contributed by atoms with Gasteiger partial charge in [0, 0.05) is 116 Å². The van der Waals surface area contributed by atoms with E-state index < -0.39 is 301 Å². The van der Waals surface area contributed by atoms with Crippen LogP contribution < -0.4 is 9.30 Å². The predicted molar refractivity (Wildman–Crippen MR) is 385 cm³/mol. The number of pyridine rings is 1. The summed E-state index contributed by atoms with van der Waals surface area (Å²) in [5.74, 6) is 0.209. The first-order valence-corrected chi connectivity index (χ1v) is 29.1. The molecule has 0 saturated carbocycles. The largest absolute Gasteiger partial charge is 0.510 e. The standard InChI is InChI=1S/C88H86N4O.Pt/c1-82(2,3)55-37-44-89-79(46-55)92-75-28-19-18-27-62(75)63-33-32-58(48-78(63)92)93-57-24-22-23-56(47-57)90-53-91(77-30-21-20-29-76(77)90)81-59(54-31-36-69-70(45-54)84(6,7)39-38-83(69,4)5)34-35-64-60-25-16-17-26-61(60)65-49-71-72(86(10,11)41-40-85(71,8)9)50-66(65)67-51-73-74(52-68(67)80(64)81)88(14,15)43-42-87(73,12)13;/h16-37,44-46,49-52H,38-43H2,1-15H3;/q-2;/i4D3,5D3,6D3,7D3,8D3,9D3,10D3,11D3,12D3,13D3,14D3,15D3,31D,36D,38D2,39D2,40D2,41D2,42D2,43D2,45D,49D,50D,51D,52D;. The van der Waals surface area contributed by atoms with Gasteiger partial charge in [0.25, 0.3) is 6.33 Å². The van der Waals surface area contributed by atoms with E-state index in [0.717, 1.165) is 45.8 Å². The summed E-state index contributed by atoms with van der Waals surface area (Å²) >= 11 is 0. The van der Waals surface area contributed by atoms with Crippen molar-refractivity contribution in [2.75, 3.05) is 0 Å². The summed E-state index contributed by atoms with van der Waals surface area (Å²) in [6.45, 7) is -53.2. The fraction of sp³-hybridized carbons (Fsp3) is 0.318. The number of aromatic nitrogens is 4. The Labute approximate surface area is 648 Å². The van der Waals surface area contributed by atoms with Gasteiger partial charge >= 0.3 is 0 Å². The summed E-state index contributed by atoms with van der Waals surface area (Å²) in [5.41, 5.74) is -59.5. The first kappa shape index (κ1) is 25.8. The van der Waals surface area contributed by atoms with Crippen LogP contribution in [0.15, 0.2) is 176 Å². The van der Waals surface area contributed by atoms with E-state index >= 15 is 0 Å². The molecule has 0 fully saturated rings. The Kier molecular flexibility index (Phi) is 5.89. The van der Waals surface area contributed by atoms with Gasteiger partial charge in [0.2, 0.25) is 0 Å². The van der Waals surface area contributed by atoms with Crippen LogP contribution in [0.2, 0.25) is 0 Å². The average molecular weight is 1470 g/mol. The van der Waals surface area contributed by atoms with Gasteiger partial charge in [-0.05, 0) is 213 Å². The molecule has 0 amide bonds. The van der Waals surface area contributed by atoms with Crippen molar-refractivity contribution in [3.05, 3.63) is 233 Å². The third kappa shape index (κ3) is 9.77. The Bertz CT molecular complexity index is 7510.